The van der Waals surface area contributed by atoms with Crippen LogP contribution in [0.1, 0.15) is 17.3 Å². The van der Waals surface area contributed by atoms with Crippen molar-refractivity contribution >= 4 is 22.9 Å². The van der Waals surface area contributed by atoms with E-state index in [0.717, 1.165) is 28.5 Å². The van der Waals surface area contributed by atoms with Crippen LogP contribution in [0, 0.1) is 5.82 Å². The normalized spacial score (nSPS) is 16.7. The molecule has 26 heavy (non-hydrogen) atoms. The molecule has 3 aromatic rings. The first-order valence-corrected chi connectivity index (χ1v) is 8.26. The second-order valence-electron chi connectivity index (χ2n) is 6.40. The van der Waals surface area contributed by atoms with Crippen LogP contribution < -0.4 is 10.5 Å². The van der Waals surface area contributed by atoms with E-state index in [0.29, 0.717) is 23.3 Å². The molecule has 1 unspecified atom stereocenters. The van der Waals surface area contributed by atoms with Crippen LogP contribution >= 0.6 is 0 Å². The van der Waals surface area contributed by atoms with E-state index in [9.17, 15) is 9.18 Å². The number of ether oxygens (including phenoxy) is 1. The van der Waals surface area contributed by atoms with E-state index in [4.69, 9.17) is 15.5 Å². The SMILES string of the molecule is COc1c(F)cccc1-c1cccc2c(N)c3c(nc12)CN(C)C3C=O. The molecular formula is C20H18FN3O2. The zero-order chi connectivity index (χ0) is 18.4. The van der Waals surface area contributed by atoms with E-state index in [1.54, 1.807) is 12.1 Å². The van der Waals surface area contributed by atoms with Crippen LogP contribution in [0.3, 0.4) is 0 Å². The fraction of sp³-hybridized carbons (Fsp3) is 0.200. The number of para-hydroxylation sites is 2. The van der Waals surface area contributed by atoms with Crippen molar-refractivity contribution in [1.29, 1.82) is 0 Å². The van der Waals surface area contributed by atoms with Crippen LogP contribution in [0.4, 0.5) is 10.1 Å². The summed E-state index contributed by atoms with van der Waals surface area (Å²) in [5, 5.41) is 0.745. The van der Waals surface area contributed by atoms with Gasteiger partial charge < -0.3 is 15.3 Å². The Bertz CT molecular complexity index is 1040. The van der Waals surface area contributed by atoms with E-state index >= 15 is 0 Å². The number of nitrogen functional groups attached to an aromatic ring is 1. The van der Waals surface area contributed by atoms with Crippen LogP contribution in [-0.2, 0) is 11.3 Å². The zero-order valence-electron chi connectivity index (χ0n) is 14.5. The van der Waals surface area contributed by atoms with Gasteiger partial charge in [-0.05, 0) is 13.1 Å². The van der Waals surface area contributed by atoms with Crippen molar-refractivity contribution in [3.63, 3.8) is 0 Å². The number of nitrogens with two attached hydrogens (primary N) is 1. The van der Waals surface area contributed by atoms with E-state index in [2.05, 4.69) is 0 Å². The molecule has 1 aromatic heterocycles. The number of rotatable bonds is 3. The smallest absolute Gasteiger partial charge is 0.165 e. The Kier molecular flexibility index (Phi) is 3.85. The molecule has 1 aliphatic rings. The molecule has 2 N–H and O–H groups in total. The molecule has 0 amide bonds. The second kappa shape index (κ2) is 6.07. The summed E-state index contributed by atoms with van der Waals surface area (Å²) in [4.78, 5) is 18.2. The van der Waals surface area contributed by atoms with Gasteiger partial charge in [-0.15, -0.1) is 0 Å². The Hall–Kier alpha value is -2.99. The van der Waals surface area contributed by atoms with Crippen molar-refractivity contribution in [3.8, 4) is 16.9 Å². The van der Waals surface area contributed by atoms with Crippen molar-refractivity contribution in [2.75, 3.05) is 19.9 Å². The number of hydrogen-bond acceptors (Lipinski definition) is 5. The third-order valence-corrected chi connectivity index (χ3v) is 4.93. The third-order valence-electron chi connectivity index (χ3n) is 4.93. The van der Waals surface area contributed by atoms with Crippen molar-refractivity contribution in [1.82, 2.24) is 9.88 Å². The van der Waals surface area contributed by atoms with Gasteiger partial charge in [-0.25, -0.2) is 4.39 Å². The number of pyridine rings is 1. The van der Waals surface area contributed by atoms with E-state index < -0.39 is 11.9 Å². The van der Waals surface area contributed by atoms with Gasteiger partial charge in [0.25, 0.3) is 0 Å². The molecule has 0 saturated heterocycles. The summed E-state index contributed by atoms with van der Waals surface area (Å²) in [6.45, 7) is 0.535. The highest BCUT2D eigenvalue weighted by atomic mass is 19.1. The van der Waals surface area contributed by atoms with Crippen LogP contribution in [0.25, 0.3) is 22.0 Å². The van der Waals surface area contributed by atoms with Gasteiger partial charge in [-0.2, -0.15) is 0 Å². The Morgan fingerprint density at radius 2 is 2.00 bits per heavy atom. The van der Waals surface area contributed by atoms with Gasteiger partial charge in [0.15, 0.2) is 11.6 Å². The third kappa shape index (κ3) is 2.26. The first-order chi connectivity index (χ1) is 12.6. The summed E-state index contributed by atoms with van der Waals surface area (Å²) in [5.41, 5.74) is 10.5. The van der Waals surface area contributed by atoms with Gasteiger partial charge in [0.2, 0.25) is 0 Å². The van der Waals surface area contributed by atoms with Gasteiger partial charge in [-0.3, -0.25) is 9.88 Å². The topological polar surface area (TPSA) is 68.5 Å². The number of halogens is 1. The highest BCUT2D eigenvalue weighted by Gasteiger charge is 2.32. The quantitative estimate of drug-likeness (QED) is 0.733. The Labute approximate surface area is 150 Å². The van der Waals surface area contributed by atoms with Crippen molar-refractivity contribution in [2.24, 2.45) is 0 Å². The lowest BCUT2D eigenvalue weighted by molar-refractivity contribution is -0.111. The maximum absolute atomic E-state index is 14.2. The molecule has 132 valence electrons. The Balaban J connectivity index is 2.04. The fourth-order valence-corrected chi connectivity index (χ4v) is 3.70. The molecule has 5 nitrogen and oxygen atoms in total. The predicted octanol–water partition coefficient (Wildman–Crippen LogP) is 3.32. The highest BCUT2D eigenvalue weighted by Crippen LogP contribution is 2.42. The molecule has 2 aromatic carbocycles. The van der Waals surface area contributed by atoms with Crippen LogP contribution in [0.15, 0.2) is 36.4 Å². The first kappa shape index (κ1) is 16.5. The fourth-order valence-electron chi connectivity index (χ4n) is 3.70. The number of aromatic nitrogens is 1. The average molecular weight is 351 g/mol. The van der Waals surface area contributed by atoms with Gasteiger partial charge in [-0.1, -0.05) is 30.3 Å². The molecule has 1 atom stereocenters. The summed E-state index contributed by atoms with van der Waals surface area (Å²) in [5.74, 6) is -0.263. The van der Waals surface area contributed by atoms with E-state index in [1.165, 1.54) is 13.2 Å². The number of methoxy groups -OCH3 is 1. The maximum atomic E-state index is 14.2. The number of likely N-dealkylation sites (N-methyl/N-ethyl adjacent to an activating group) is 1. The van der Waals surface area contributed by atoms with Gasteiger partial charge >= 0.3 is 0 Å². The monoisotopic (exact) mass is 351 g/mol. The number of anilines is 1. The number of hydrogen-bond donors (Lipinski definition) is 1. The molecule has 0 radical (unpaired) electrons. The number of nitrogens with zero attached hydrogens (tertiary/aromatic N) is 2. The minimum atomic E-state index is -0.433. The lowest BCUT2D eigenvalue weighted by atomic mass is 9.97. The Morgan fingerprint density at radius 1 is 1.27 bits per heavy atom. The van der Waals surface area contributed by atoms with Gasteiger partial charge in [0.05, 0.1) is 24.4 Å². The summed E-state index contributed by atoms with van der Waals surface area (Å²) in [7, 11) is 3.30. The number of carbonyl (C=O) groups is 1. The molecule has 1 aliphatic heterocycles. The van der Waals surface area contributed by atoms with Crippen molar-refractivity contribution in [2.45, 2.75) is 12.6 Å². The summed E-state index contributed by atoms with van der Waals surface area (Å²) in [6.07, 6.45) is 0.884. The number of carbonyl (C=O) groups excluding carboxylic acids is 1. The molecular weight excluding hydrogens is 333 g/mol. The van der Waals surface area contributed by atoms with Crippen molar-refractivity contribution < 1.29 is 13.9 Å². The van der Waals surface area contributed by atoms with Gasteiger partial charge in [0.1, 0.15) is 6.29 Å². The summed E-state index contributed by atoms with van der Waals surface area (Å²) >= 11 is 0. The van der Waals surface area contributed by atoms with Gasteiger partial charge in [0, 0.05) is 34.3 Å². The Morgan fingerprint density at radius 3 is 2.73 bits per heavy atom. The maximum Gasteiger partial charge on any atom is 0.165 e. The second-order valence-corrected chi connectivity index (χ2v) is 6.40. The van der Waals surface area contributed by atoms with Crippen LogP contribution in [0.2, 0.25) is 0 Å². The van der Waals surface area contributed by atoms with Crippen LogP contribution in [0.5, 0.6) is 5.75 Å². The van der Waals surface area contributed by atoms with Crippen molar-refractivity contribution in [3.05, 3.63) is 53.5 Å². The van der Waals surface area contributed by atoms with E-state index in [-0.39, 0.29) is 5.75 Å². The predicted molar refractivity (Wildman–Crippen MR) is 98.4 cm³/mol. The standard InChI is InChI=1S/C20H18FN3O2/c1-24-9-15-17(16(24)10-25)18(22)13-7-3-5-11(19(13)23-15)12-6-4-8-14(21)20(12)26-2/h3-8,10,16H,9H2,1-2H3,(H2,22,23). The minimum absolute atomic E-state index is 0.170. The molecule has 4 rings (SSSR count). The molecule has 2 heterocycles. The first-order valence-electron chi connectivity index (χ1n) is 8.26. The number of fused-ring (bicyclic) bond motifs is 2. The molecule has 0 spiro atoms. The molecule has 0 saturated carbocycles. The minimum Gasteiger partial charge on any atom is -0.493 e. The molecule has 6 heteroatoms. The zero-order valence-corrected chi connectivity index (χ0v) is 14.5. The largest absolute Gasteiger partial charge is 0.493 e. The van der Waals surface area contributed by atoms with E-state index in [1.807, 2.05) is 30.1 Å². The molecule has 0 bridgehead atoms. The summed E-state index contributed by atoms with van der Waals surface area (Å²) < 4.78 is 19.4. The number of aldehydes is 1. The molecule has 0 aliphatic carbocycles. The van der Waals surface area contributed by atoms with Crippen LogP contribution in [-0.4, -0.2) is 30.3 Å². The number of benzene rings is 2. The summed E-state index contributed by atoms with van der Waals surface area (Å²) in [6, 6.07) is 9.98. The highest BCUT2D eigenvalue weighted by molar-refractivity contribution is 6.02. The lowest BCUT2D eigenvalue weighted by Crippen LogP contribution is -2.17. The molecule has 0 fully saturated rings. The average Bonchev–Trinajstić information content (AvgIpc) is 2.96. The lowest BCUT2D eigenvalue weighted by Gasteiger charge is -2.16.